The van der Waals surface area contributed by atoms with E-state index in [9.17, 15) is 10.4 Å². The largest absolute Gasteiger partial charge is 0.391 e. The summed E-state index contributed by atoms with van der Waals surface area (Å²) in [5.74, 6) is 0. The fourth-order valence-corrected chi connectivity index (χ4v) is 5.53. The van der Waals surface area contributed by atoms with Gasteiger partial charge in [-0.1, -0.05) is 74.5 Å². The Bertz CT molecular complexity index is 889. The highest BCUT2D eigenvalue weighted by Gasteiger charge is 2.39. The Hall–Kier alpha value is -2.19. The summed E-state index contributed by atoms with van der Waals surface area (Å²) in [6, 6.07) is 23.9. The normalized spacial score (nSPS) is 26.4. The van der Waals surface area contributed by atoms with Gasteiger partial charge in [0.1, 0.15) is 0 Å². The number of β-amino-alcohol motifs (C(OH)–C–C–N with tert-alkyl or cyclic N) is 1. The summed E-state index contributed by atoms with van der Waals surface area (Å²) in [7, 11) is 0. The van der Waals surface area contributed by atoms with Crippen LogP contribution in [-0.2, 0) is 10.8 Å². The van der Waals surface area contributed by atoms with Crippen LogP contribution in [0.25, 0.3) is 0 Å². The van der Waals surface area contributed by atoms with Gasteiger partial charge in [-0.05, 0) is 36.8 Å². The molecule has 1 saturated heterocycles. The molecule has 2 aromatic rings. The molecule has 1 saturated carbocycles. The highest BCUT2D eigenvalue weighted by atomic mass is 16.3. The van der Waals surface area contributed by atoms with Gasteiger partial charge in [0.05, 0.1) is 17.6 Å². The summed E-state index contributed by atoms with van der Waals surface area (Å²) in [5, 5.41) is 21.0. The minimum absolute atomic E-state index is 0.264. The number of nitriles is 1. The molecule has 1 aliphatic carbocycles. The van der Waals surface area contributed by atoms with Crippen LogP contribution in [0.2, 0.25) is 0 Å². The van der Waals surface area contributed by atoms with Gasteiger partial charge in [-0.15, -0.1) is 0 Å². The van der Waals surface area contributed by atoms with E-state index in [0.717, 1.165) is 51.9 Å². The third-order valence-corrected chi connectivity index (χ3v) is 8.05. The number of hydrogen-bond donors (Lipinski definition) is 1. The number of piperazine rings is 1. The summed E-state index contributed by atoms with van der Waals surface area (Å²) in [4.78, 5) is 5.04. The zero-order valence-corrected chi connectivity index (χ0v) is 19.6. The predicted octanol–water partition coefficient (Wildman–Crippen LogP) is 4.35. The minimum Gasteiger partial charge on any atom is -0.391 e. The summed E-state index contributed by atoms with van der Waals surface area (Å²) in [6.45, 7) is 9.09. The van der Waals surface area contributed by atoms with Gasteiger partial charge in [-0.3, -0.25) is 9.80 Å². The molecule has 1 unspecified atom stereocenters. The van der Waals surface area contributed by atoms with Crippen LogP contribution in [0.4, 0.5) is 0 Å². The Morgan fingerprint density at radius 3 is 2.09 bits per heavy atom. The van der Waals surface area contributed by atoms with Crippen LogP contribution in [0.15, 0.2) is 60.7 Å². The van der Waals surface area contributed by atoms with Crippen molar-refractivity contribution < 1.29 is 5.11 Å². The summed E-state index contributed by atoms with van der Waals surface area (Å²) in [6.07, 6.45) is 3.68. The Morgan fingerprint density at radius 1 is 0.969 bits per heavy atom. The van der Waals surface area contributed by atoms with E-state index in [1.165, 1.54) is 11.1 Å². The third-order valence-electron chi connectivity index (χ3n) is 8.05. The van der Waals surface area contributed by atoms with Gasteiger partial charge >= 0.3 is 0 Å². The molecule has 0 aromatic heterocycles. The molecule has 0 bridgehead atoms. The monoisotopic (exact) mass is 431 g/mol. The fourth-order valence-electron chi connectivity index (χ4n) is 5.53. The third kappa shape index (κ3) is 4.76. The average Bonchev–Trinajstić information content (AvgIpc) is 2.85. The van der Waals surface area contributed by atoms with Crippen LogP contribution in [0.3, 0.4) is 0 Å². The highest BCUT2D eigenvalue weighted by Crippen LogP contribution is 2.40. The topological polar surface area (TPSA) is 50.5 Å². The molecule has 1 heterocycles. The van der Waals surface area contributed by atoms with E-state index in [2.05, 4.69) is 54.0 Å². The lowest BCUT2D eigenvalue weighted by atomic mass is 9.69. The summed E-state index contributed by atoms with van der Waals surface area (Å²) >= 11 is 0. The van der Waals surface area contributed by atoms with E-state index in [-0.39, 0.29) is 10.8 Å². The Labute approximate surface area is 193 Å². The lowest BCUT2D eigenvalue weighted by molar-refractivity contribution is 0.0209. The molecule has 0 radical (unpaired) electrons. The molecule has 1 N–H and O–H groups in total. The van der Waals surface area contributed by atoms with E-state index in [0.29, 0.717) is 12.6 Å². The van der Waals surface area contributed by atoms with E-state index in [1.807, 2.05) is 36.4 Å². The molecular formula is C28H37N3O. The molecule has 1 atom stereocenters. The Kier molecular flexibility index (Phi) is 7.00. The Balaban J connectivity index is 1.28. The molecular weight excluding hydrogens is 394 g/mol. The van der Waals surface area contributed by atoms with Crippen LogP contribution < -0.4 is 0 Å². The van der Waals surface area contributed by atoms with Crippen molar-refractivity contribution in [3.63, 3.8) is 0 Å². The maximum absolute atomic E-state index is 11.0. The molecule has 4 rings (SSSR count). The van der Waals surface area contributed by atoms with Crippen molar-refractivity contribution >= 4 is 0 Å². The second kappa shape index (κ2) is 9.75. The van der Waals surface area contributed by atoms with Crippen LogP contribution in [0, 0.1) is 11.3 Å². The maximum atomic E-state index is 11.0. The van der Waals surface area contributed by atoms with Gasteiger partial charge in [0, 0.05) is 44.2 Å². The van der Waals surface area contributed by atoms with Crippen molar-refractivity contribution in [2.24, 2.45) is 0 Å². The van der Waals surface area contributed by atoms with Gasteiger partial charge in [-0.2, -0.15) is 5.26 Å². The molecule has 0 spiro atoms. The van der Waals surface area contributed by atoms with Gasteiger partial charge < -0.3 is 5.11 Å². The molecule has 2 aromatic carbocycles. The molecule has 4 nitrogen and oxygen atoms in total. The van der Waals surface area contributed by atoms with Crippen molar-refractivity contribution in [1.82, 2.24) is 9.80 Å². The smallest absolute Gasteiger partial charge is 0.0823 e. The molecule has 32 heavy (non-hydrogen) atoms. The average molecular weight is 432 g/mol. The van der Waals surface area contributed by atoms with Gasteiger partial charge in [0.25, 0.3) is 0 Å². The molecule has 0 amide bonds. The van der Waals surface area contributed by atoms with Crippen LogP contribution in [-0.4, -0.2) is 59.8 Å². The number of aliphatic hydroxyl groups excluding tert-OH is 1. The zero-order chi connectivity index (χ0) is 22.6. The Morgan fingerprint density at radius 2 is 1.53 bits per heavy atom. The van der Waals surface area contributed by atoms with Gasteiger partial charge in [-0.25, -0.2) is 0 Å². The van der Waals surface area contributed by atoms with E-state index in [1.54, 1.807) is 0 Å². The first-order valence-electron chi connectivity index (χ1n) is 12.1. The van der Waals surface area contributed by atoms with Crippen molar-refractivity contribution in [2.45, 2.75) is 62.5 Å². The molecule has 2 aliphatic rings. The summed E-state index contributed by atoms with van der Waals surface area (Å²) < 4.78 is 0. The van der Waals surface area contributed by atoms with E-state index in [4.69, 9.17) is 0 Å². The first-order valence-corrected chi connectivity index (χ1v) is 12.1. The number of benzene rings is 2. The van der Waals surface area contributed by atoms with Crippen molar-refractivity contribution in [3.05, 3.63) is 71.8 Å². The van der Waals surface area contributed by atoms with Crippen molar-refractivity contribution in [3.8, 4) is 6.07 Å². The van der Waals surface area contributed by atoms with Crippen LogP contribution in [0.5, 0.6) is 0 Å². The second-order valence-corrected chi connectivity index (χ2v) is 10.2. The van der Waals surface area contributed by atoms with Crippen molar-refractivity contribution in [1.29, 1.82) is 5.26 Å². The molecule has 2 fully saturated rings. The van der Waals surface area contributed by atoms with Crippen molar-refractivity contribution in [2.75, 3.05) is 32.7 Å². The molecule has 4 heteroatoms. The number of rotatable bonds is 6. The SMILES string of the molecule is CC(C)(c1ccccc1)C(O)CN1CCN([C@H]2CC[C@](C#N)(c3ccccc3)CC2)CC1. The lowest BCUT2D eigenvalue weighted by Gasteiger charge is -2.45. The second-order valence-electron chi connectivity index (χ2n) is 10.2. The fraction of sp³-hybridized carbons (Fsp3) is 0.536. The zero-order valence-electron chi connectivity index (χ0n) is 19.6. The molecule has 170 valence electrons. The number of aliphatic hydroxyl groups is 1. The highest BCUT2D eigenvalue weighted by molar-refractivity contribution is 5.33. The first kappa shape index (κ1) is 23.0. The standard InChI is InChI=1S/C28H37N3O/c1-27(2,23-9-5-3-6-10-23)26(32)21-30-17-19-31(20-18-30)25-13-15-28(22-29,16-14-25)24-11-7-4-8-12-24/h3-12,25-26,32H,13-21H2,1-2H3/t25-,26?,28-. The quantitative estimate of drug-likeness (QED) is 0.739. The predicted molar refractivity (Wildman–Crippen MR) is 129 cm³/mol. The number of nitrogens with zero attached hydrogens (tertiary/aromatic N) is 3. The van der Waals surface area contributed by atoms with Gasteiger partial charge in [0.2, 0.25) is 0 Å². The van der Waals surface area contributed by atoms with E-state index >= 15 is 0 Å². The van der Waals surface area contributed by atoms with Crippen LogP contribution >= 0.6 is 0 Å². The lowest BCUT2D eigenvalue weighted by Crippen LogP contribution is -2.54. The molecule has 1 aliphatic heterocycles. The maximum Gasteiger partial charge on any atom is 0.0823 e. The van der Waals surface area contributed by atoms with E-state index < -0.39 is 6.10 Å². The summed E-state index contributed by atoms with van der Waals surface area (Å²) in [5.41, 5.74) is 1.79. The minimum atomic E-state index is -0.395. The first-order chi connectivity index (χ1) is 15.4. The van der Waals surface area contributed by atoms with Crippen LogP contribution in [0.1, 0.15) is 50.7 Å². The van der Waals surface area contributed by atoms with Gasteiger partial charge in [0.15, 0.2) is 0 Å². The number of hydrogen-bond acceptors (Lipinski definition) is 4.